The minimum Gasteiger partial charge on any atom is -0.496 e. The lowest BCUT2D eigenvalue weighted by atomic mass is 9.92. The van der Waals surface area contributed by atoms with E-state index in [1.54, 1.807) is 13.8 Å². The summed E-state index contributed by atoms with van der Waals surface area (Å²) < 4.78 is 161. The number of carbonyl (C=O) groups excluding carboxylic acids is 2. The van der Waals surface area contributed by atoms with Gasteiger partial charge in [0.25, 0.3) is 0 Å². The zero-order chi connectivity index (χ0) is 41.9. The maximum atomic E-state index is 14.9. The number of para-hydroxylation sites is 1. The summed E-state index contributed by atoms with van der Waals surface area (Å²) in [5, 5.41) is 2.76. The van der Waals surface area contributed by atoms with Crippen LogP contribution in [0.25, 0.3) is 11.1 Å². The molecule has 0 aliphatic heterocycles. The summed E-state index contributed by atoms with van der Waals surface area (Å²) in [6, 6.07) is 8.23. The van der Waals surface area contributed by atoms with E-state index in [0.29, 0.717) is 12.1 Å². The first-order valence-corrected chi connectivity index (χ1v) is 16.6. The number of nitrogens with one attached hydrogen (secondary N) is 1. The van der Waals surface area contributed by atoms with Crippen molar-refractivity contribution >= 4 is 12.1 Å². The molecule has 0 aromatic heterocycles. The Labute approximate surface area is 314 Å². The van der Waals surface area contributed by atoms with E-state index in [2.05, 4.69) is 10.1 Å². The van der Waals surface area contributed by atoms with Gasteiger partial charge in [-0.05, 0) is 90.0 Å². The predicted molar refractivity (Wildman–Crippen MR) is 183 cm³/mol. The summed E-state index contributed by atoms with van der Waals surface area (Å²) in [4.78, 5) is 25.6. The molecule has 1 N–H and O–H groups in total. The molecule has 0 saturated heterocycles. The Morgan fingerprint density at radius 2 is 1.36 bits per heavy atom. The second-order valence-electron chi connectivity index (χ2n) is 12.9. The second kappa shape index (κ2) is 16.8. The Morgan fingerprint density at radius 1 is 0.750 bits per heavy atom. The molecule has 2 atom stereocenters. The predicted octanol–water partition coefficient (Wildman–Crippen LogP) is 11.2. The molecule has 0 amide bonds. The summed E-state index contributed by atoms with van der Waals surface area (Å²) >= 11 is 0. The van der Waals surface area contributed by atoms with E-state index < -0.39 is 77.4 Å². The Bertz CT molecular complexity index is 2040. The molecule has 4 aromatic carbocycles. The molecule has 4 aromatic rings. The highest BCUT2D eigenvalue weighted by atomic mass is 19.4. The highest BCUT2D eigenvalue weighted by molar-refractivity contribution is 5.93. The van der Waals surface area contributed by atoms with Crippen LogP contribution in [0.4, 0.5) is 48.7 Å². The van der Waals surface area contributed by atoms with Crippen molar-refractivity contribution in [2.24, 2.45) is 0 Å². The number of aryl methyl sites for hydroxylation is 1. The number of carbonyl (C=O) groups is 2. The number of methoxy groups -OCH3 is 2. The number of rotatable bonds is 11. The maximum absolute atomic E-state index is 14.9. The van der Waals surface area contributed by atoms with Gasteiger partial charge in [0.1, 0.15) is 23.2 Å². The van der Waals surface area contributed by atoms with Crippen LogP contribution in [0.15, 0.2) is 66.7 Å². The van der Waals surface area contributed by atoms with E-state index in [-0.39, 0.29) is 56.9 Å². The third kappa shape index (κ3) is 10.1. The molecule has 0 unspecified atom stereocenters. The fourth-order valence-corrected chi connectivity index (χ4v) is 5.82. The van der Waals surface area contributed by atoms with Gasteiger partial charge in [0.15, 0.2) is 5.75 Å². The fourth-order valence-electron chi connectivity index (χ4n) is 5.82. The van der Waals surface area contributed by atoms with Crippen LogP contribution in [0, 0.1) is 12.7 Å². The van der Waals surface area contributed by atoms with Crippen LogP contribution < -0.4 is 14.8 Å². The van der Waals surface area contributed by atoms with E-state index in [4.69, 9.17) is 14.2 Å². The van der Waals surface area contributed by atoms with E-state index in [0.717, 1.165) is 31.4 Å². The monoisotopic (exact) mass is 803 g/mol. The van der Waals surface area contributed by atoms with Crippen molar-refractivity contribution < 1.29 is 72.4 Å². The molecule has 302 valence electrons. The average Bonchev–Trinajstić information content (AvgIpc) is 3.11. The molecule has 17 heteroatoms. The van der Waals surface area contributed by atoms with Gasteiger partial charge in [0, 0.05) is 24.2 Å². The molecule has 0 saturated carbocycles. The van der Waals surface area contributed by atoms with Gasteiger partial charge in [-0.25, -0.2) is 14.0 Å². The van der Waals surface area contributed by atoms with Crippen molar-refractivity contribution in [1.82, 2.24) is 5.32 Å². The lowest BCUT2D eigenvalue weighted by Gasteiger charge is -2.27. The van der Waals surface area contributed by atoms with Crippen LogP contribution in [0.2, 0.25) is 0 Å². The van der Waals surface area contributed by atoms with E-state index in [9.17, 15) is 53.5 Å². The number of hydrogen-bond acceptors (Lipinski definition) is 7. The molecule has 0 spiro atoms. The van der Waals surface area contributed by atoms with Gasteiger partial charge >= 0.3 is 30.7 Å². The minimum atomic E-state index is -5.30. The molecule has 0 heterocycles. The second-order valence-corrected chi connectivity index (χ2v) is 12.9. The number of halogens is 10. The summed E-state index contributed by atoms with van der Waals surface area (Å²) in [7, 11) is 2.25. The lowest BCUT2D eigenvalue weighted by Crippen LogP contribution is -2.35. The Balaban J connectivity index is 1.84. The highest BCUT2D eigenvalue weighted by Gasteiger charge is 2.39. The molecular formula is C39H35F10NO6. The fraction of sp³-hybridized carbons (Fsp3) is 0.333. The molecule has 7 nitrogen and oxygen atoms in total. The Hall–Kier alpha value is -5.32. The molecule has 0 radical (unpaired) electrons. The van der Waals surface area contributed by atoms with Crippen molar-refractivity contribution in [3.05, 3.63) is 117 Å². The quantitative estimate of drug-likeness (QED) is 0.0918. The summed E-state index contributed by atoms with van der Waals surface area (Å²) in [6.45, 7) is 5.43. The van der Waals surface area contributed by atoms with Gasteiger partial charge in [0.05, 0.1) is 30.9 Å². The SMILES string of the molecule is COC(=O)c1cccc(C)c1OC(=O)O[C@H](c1cc(C(F)(F)F)cc(C(F)(F)F)c1)[C@H](C)NCc1cc(C(F)(F)F)ccc1-c1cc(C(C)C)c(F)cc1OC. The summed E-state index contributed by atoms with van der Waals surface area (Å²) in [6.07, 6.45) is -19.1. The van der Waals surface area contributed by atoms with E-state index in [1.807, 2.05) is 0 Å². The van der Waals surface area contributed by atoms with Crippen LogP contribution in [0.3, 0.4) is 0 Å². The zero-order valence-electron chi connectivity index (χ0n) is 30.5. The first kappa shape index (κ1) is 43.4. The van der Waals surface area contributed by atoms with Crippen molar-refractivity contribution in [2.45, 2.75) is 70.8 Å². The number of esters is 1. The number of hydrogen-bond donors (Lipinski definition) is 1. The smallest absolute Gasteiger partial charge is 0.496 e. The molecular weight excluding hydrogens is 768 g/mol. The minimum absolute atomic E-state index is 0.0453. The van der Waals surface area contributed by atoms with Crippen LogP contribution in [0.1, 0.15) is 82.1 Å². The molecule has 0 aliphatic carbocycles. The molecule has 0 fully saturated rings. The first-order valence-electron chi connectivity index (χ1n) is 16.6. The normalized spacial score (nSPS) is 13.3. The van der Waals surface area contributed by atoms with Crippen molar-refractivity contribution in [3.8, 4) is 22.6 Å². The Morgan fingerprint density at radius 3 is 1.89 bits per heavy atom. The van der Waals surface area contributed by atoms with Gasteiger partial charge in [0.2, 0.25) is 0 Å². The number of alkyl halides is 9. The Kier molecular flexibility index (Phi) is 13.0. The summed E-state index contributed by atoms with van der Waals surface area (Å²) in [5.74, 6) is -2.39. The van der Waals surface area contributed by atoms with Crippen molar-refractivity contribution in [1.29, 1.82) is 0 Å². The third-order valence-electron chi connectivity index (χ3n) is 8.70. The van der Waals surface area contributed by atoms with Crippen LogP contribution in [0.5, 0.6) is 11.5 Å². The average molecular weight is 804 g/mol. The number of ether oxygens (including phenoxy) is 4. The van der Waals surface area contributed by atoms with Crippen molar-refractivity contribution in [2.75, 3.05) is 14.2 Å². The summed E-state index contributed by atoms with van der Waals surface area (Å²) in [5.41, 5.74) is -5.08. The van der Waals surface area contributed by atoms with Crippen LogP contribution in [-0.4, -0.2) is 32.4 Å². The third-order valence-corrected chi connectivity index (χ3v) is 8.70. The van der Waals surface area contributed by atoms with Gasteiger partial charge in [-0.3, -0.25) is 0 Å². The molecule has 4 rings (SSSR count). The highest BCUT2D eigenvalue weighted by Crippen LogP contribution is 2.41. The van der Waals surface area contributed by atoms with E-state index in [1.165, 1.54) is 45.2 Å². The van der Waals surface area contributed by atoms with Crippen LogP contribution in [-0.2, 0) is 34.5 Å². The van der Waals surface area contributed by atoms with Crippen molar-refractivity contribution in [3.63, 3.8) is 0 Å². The standard InChI is InChI=1S/C39H35F10NO6/c1-19(2)29-16-30(32(53-5)17-31(29)40)27-11-10-24(37(41,42)43)14-23(27)18-50-21(4)34(22-12-25(38(44,45)46)15-26(13-22)39(47,48)49)56-36(52)55-33-20(3)8-7-9-28(33)35(51)54-6/h7-17,19,21,34,50H,18H2,1-6H3/t21-,34-/m0/s1. The molecule has 56 heavy (non-hydrogen) atoms. The molecule has 0 bridgehead atoms. The topological polar surface area (TPSA) is 83.1 Å². The van der Waals surface area contributed by atoms with Gasteiger partial charge < -0.3 is 24.3 Å². The maximum Gasteiger partial charge on any atom is 0.514 e. The first-order chi connectivity index (χ1) is 26.0. The largest absolute Gasteiger partial charge is 0.514 e. The van der Waals surface area contributed by atoms with Gasteiger partial charge in [-0.15, -0.1) is 0 Å². The number of benzene rings is 4. The van der Waals surface area contributed by atoms with Gasteiger partial charge in [-0.1, -0.05) is 32.0 Å². The molecule has 0 aliphatic rings. The van der Waals surface area contributed by atoms with Gasteiger partial charge in [-0.2, -0.15) is 39.5 Å². The zero-order valence-corrected chi connectivity index (χ0v) is 30.5. The van der Waals surface area contributed by atoms with Crippen LogP contribution >= 0.6 is 0 Å². The van der Waals surface area contributed by atoms with E-state index >= 15 is 0 Å². The lowest BCUT2D eigenvalue weighted by molar-refractivity contribution is -0.143.